The highest BCUT2D eigenvalue weighted by atomic mass is 19.3. The molecule has 0 atom stereocenters. The summed E-state index contributed by atoms with van der Waals surface area (Å²) in [5, 5.41) is 13.1. The number of hydrogen-bond donors (Lipinski definition) is 1. The fourth-order valence-corrected chi connectivity index (χ4v) is 4.87. The van der Waals surface area contributed by atoms with Gasteiger partial charge in [-0.25, -0.2) is 4.98 Å². The van der Waals surface area contributed by atoms with Crippen LogP contribution in [0, 0.1) is 11.3 Å². The molecule has 1 N–H and O–H groups in total. The molecule has 2 aromatic heterocycles. The Kier molecular flexibility index (Phi) is 5.64. The number of hydrogen-bond acceptors (Lipinski definition) is 5. The maximum absolute atomic E-state index is 13.3. The SMILES string of the molecule is C=C(NC1CC1)c1c(OC)cc(-c2cnc3cc(C4(C#N)CCCC4)ccn23)cc1OC(F)F. The molecule has 0 radical (unpaired) electrons. The highest BCUT2D eigenvalue weighted by molar-refractivity contribution is 5.79. The van der Waals surface area contributed by atoms with Crippen molar-refractivity contribution >= 4 is 11.3 Å². The van der Waals surface area contributed by atoms with Gasteiger partial charge in [0.05, 0.1) is 36.0 Å². The van der Waals surface area contributed by atoms with Crippen LogP contribution < -0.4 is 14.8 Å². The largest absolute Gasteiger partial charge is 0.496 e. The standard InChI is InChI=1S/C26H26F2N4O2/c1-16(31-19-5-6-19)24-21(33-2)11-17(12-22(24)34-25(27)28)20-14-30-23-13-18(7-10-32(20)23)26(15-29)8-3-4-9-26/h7,10-14,19,25,31H,1,3-6,8-9H2,2H3. The Morgan fingerprint density at radius 2 is 2.00 bits per heavy atom. The van der Waals surface area contributed by atoms with Crippen molar-refractivity contribution in [2.24, 2.45) is 0 Å². The third kappa shape index (κ3) is 3.96. The lowest BCUT2D eigenvalue weighted by molar-refractivity contribution is -0.0501. The van der Waals surface area contributed by atoms with Gasteiger partial charge in [0.1, 0.15) is 17.1 Å². The highest BCUT2D eigenvalue weighted by Gasteiger charge is 2.36. The first-order valence-electron chi connectivity index (χ1n) is 11.5. The minimum Gasteiger partial charge on any atom is -0.496 e. The second kappa shape index (κ2) is 8.64. The normalized spacial score (nSPS) is 17.0. The number of aromatic nitrogens is 2. The summed E-state index contributed by atoms with van der Waals surface area (Å²) >= 11 is 0. The van der Waals surface area contributed by atoms with Crippen LogP contribution in [0.15, 0.2) is 43.2 Å². The molecule has 3 aromatic rings. The molecule has 34 heavy (non-hydrogen) atoms. The van der Waals surface area contributed by atoms with Gasteiger partial charge in [0, 0.05) is 23.5 Å². The first-order valence-corrected chi connectivity index (χ1v) is 11.5. The van der Waals surface area contributed by atoms with Crippen molar-refractivity contribution < 1.29 is 18.3 Å². The molecule has 0 unspecified atom stereocenters. The fraction of sp³-hybridized carbons (Fsp3) is 0.385. The van der Waals surface area contributed by atoms with Crippen LogP contribution in [0.5, 0.6) is 11.5 Å². The van der Waals surface area contributed by atoms with E-state index in [0.29, 0.717) is 40.0 Å². The van der Waals surface area contributed by atoms with E-state index < -0.39 is 12.0 Å². The zero-order valence-corrected chi connectivity index (χ0v) is 19.0. The predicted molar refractivity (Wildman–Crippen MR) is 125 cm³/mol. The number of pyridine rings is 1. The number of benzene rings is 1. The second-order valence-corrected chi connectivity index (χ2v) is 9.02. The number of rotatable bonds is 8. The Hall–Kier alpha value is -3.60. The van der Waals surface area contributed by atoms with E-state index >= 15 is 0 Å². The number of methoxy groups -OCH3 is 1. The third-order valence-electron chi connectivity index (χ3n) is 6.79. The summed E-state index contributed by atoms with van der Waals surface area (Å²) in [6, 6.07) is 10.1. The summed E-state index contributed by atoms with van der Waals surface area (Å²) < 4.78 is 39.0. The second-order valence-electron chi connectivity index (χ2n) is 9.02. The van der Waals surface area contributed by atoms with Gasteiger partial charge < -0.3 is 14.8 Å². The predicted octanol–water partition coefficient (Wildman–Crippen LogP) is 5.67. The molecule has 1 aromatic carbocycles. The third-order valence-corrected chi connectivity index (χ3v) is 6.79. The zero-order chi connectivity index (χ0) is 23.9. The first kappa shape index (κ1) is 22.2. The van der Waals surface area contributed by atoms with Crippen LogP contribution in [0.2, 0.25) is 0 Å². The molecule has 8 heteroatoms. The van der Waals surface area contributed by atoms with Gasteiger partial charge in [-0.05, 0) is 55.5 Å². The molecular formula is C26H26F2N4O2. The summed E-state index contributed by atoms with van der Waals surface area (Å²) in [4.78, 5) is 4.54. The van der Waals surface area contributed by atoms with E-state index in [1.807, 2.05) is 22.7 Å². The Balaban J connectivity index is 1.58. The minimum absolute atomic E-state index is 0.0107. The van der Waals surface area contributed by atoms with Gasteiger partial charge in [-0.1, -0.05) is 19.4 Å². The minimum atomic E-state index is -2.99. The molecule has 5 rings (SSSR count). The van der Waals surface area contributed by atoms with Gasteiger partial charge in [-0.3, -0.25) is 4.40 Å². The maximum atomic E-state index is 13.3. The maximum Gasteiger partial charge on any atom is 0.387 e. The Morgan fingerprint density at radius 1 is 1.26 bits per heavy atom. The van der Waals surface area contributed by atoms with E-state index in [1.54, 1.807) is 18.3 Å². The zero-order valence-electron chi connectivity index (χ0n) is 19.0. The van der Waals surface area contributed by atoms with Gasteiger partial charge in [0.25, 0.3) is 0 Å². The van der Waals surface area contributed by atoms with E-state index in [4.69, 9.17) is 9.47 Å². The average molecular weight is 465 g/mol. The molecule has 0 bridgehead atoms. The van der Waals surface area contributed by atoms with Crippen molar-refractivity contribution in [3.8, 4) is 28.8 Å². The summed E-state index contributed by atoms with van der Waals surface area (Å²) in [5.74, 6) is 0.371. The van der Waals surface area contributed by atoms with Crippen LogP contribution >= 0.6 is 0 Å². The molecular weight excluding hydrogens is 438 g/mol. The first-order chi connectivity index (χ1) is 16.4. The average Bonchev–Trinajstić information content (AvgIpc) is 3.33. The van der Waals surface area contributed by atoms with Crippen LogP contribution in [0.1, 0.15) is 49.7 Å². The van der Waals surface area contributed by atoms with Gasteiger partial charge in [0.15, 0.2) is 0 Å². The van der Waals surface area contributed by atoms with Gasteiger partial charge in [-0.15, -0.1) is 0 Å². The lowest BCUT2D eigenvalue weighted by atomic mass is 9.81. The van der Waals surface area contributed by atoms with Crippen molar-refractivity contribution in [3.05, 3.63) is 54.4 Å². The van der Waals surface area contributed by atoms with E-state index in [2.05, 4.69) is 22.9 Å². The topological polar surface area (TPSA) is 71.6 Å². The molecule has 2 heterocycles. The number of halogens is 2. The monoisotopic (exact) mass is 464 g/mol. The molecule has 0 saturated heterocycles. The molecule has 2 aliphatic carbocycles. The van der Waals surface area contributed by atoms with Crippen LogP contribution in [-0.4, -0.2) is 29.1 Å². The molecule has 176 valence electrons. The van der Waals surface area contributed by atoms with Gasteiger partial charge in [0.2, 0.25) is 0 Å². The molecule has 0 amide bonds. The molecule has 0 aliphatic heterocycles. The number of fused-ring (bicyclic) bond motifs is 1. The summed E-state index contributed by atoms with van der Waals surface area (Å²) in [6.07, 6.45) is 9.37. The van der Waals surface area contributed by atoms with Crippen LogP contribution in [-0.2, 0) is 5.41 Å². The molecule has 2 saturated carbocycles. The van der Waals surface area contributed by atoms with Gasteiger partial charge >= 0.3 is 6.61 Å². The number of nitrogens with zero attached hydrogens (tertiary/aromatic N) is 3. The van der Waals surface area contributed by atoms with Gasteiger partial charge in [-0.2, -0.15) is 14.0 Å². The smallest absolute Gasteiger partial charge is 0.387 e. The van der Waals surface area contributed by atoms with Crippen molar-refractivity contribution in [2.45, 2.75) is 56.6 Å². The Labute approximate surface area is 196 Å². The van der Waals surface area contributed by atoms with Crippen LogP contribution in [0.4, 0.5) is 8.78 Å². The number of ether oxygens (including phenoxy) is 2. The molecule has 0 spiro atoms. The number of nitriles is 1. The van der Waals surface area contributed by atoms with E-state index in [1.165, 1.54) is 7.11 Å². The fourth-order valence-electron chi connectivity index (χ4n) is 4.87. The number of imidazole rings is 1. The lowest BCUT2D eigenvalue weighted by Gasteiger charge is -2.21. The Morgan fingerprint density at radius 3 is 2.65 bits per heavy atom. The number of alkyl halides is 2. The molecule has 6 nitrogen and oxygen atoms in total. The van der Waals surface area contributed by atoms with Crippen LogP contribution in [0.3, 0.4) is 0 Å². The molecule has 2 fully saturated rings. The van der Waals surface area contributed by atoms with Crippen molar-refractivity contribution in [1.29, 1.82) is 5.26 Å². The van der Waals surface area contributed by atoms with E-state index in [0.717, 1.165) is 44.1 Å². The van der Waals surface area contributed by atoms with Crippen molar-refractivity contribution in [1.82, 2.24) is 14.7 Å². The summed E-state index contributed by atoms with van der Waals surface area (Å²) in [7, 11) is 1.49. The van der Waals surface area contributed by atoms with E-state index in [9.17, 15) is 14.0 Å². The summed E-state index contributed by atoms with van der Waals surface area (Å²) in [5.41, 5.74) is 3.37. The van der Waals surface area contributed by atoms with Crippen LogP contribution in [0.25, 0.3) is 22.6 Å². The highest BCUT2D eigenvalue weighted by Crippen LogP contribution is 2.42. The van der Waals surface area contributed by atoms with E-state index in [-0.39, 0.29) is 5.75 Å². The van der Waals surface area contributed by atoms with Crippen molar-refractivity contribution in [2.75, 3.05) is 7.11 Å². The number of nitrogens with one attached hydrogen (secondary N) is 1. The Bertz CT molecular complexity index is 1280. The lowest BCUT2D eigenvalue weighted by Crippen LogP contribution is -2.19. The summed E-state index contributed by atoms with van der Waals surface area (Å²) in [6.45, 7) is 1.03. The van der Waals surface area contributed by atoms with Crippen molar-refractivity contribution in [3.63, 3.8) is 0 Å². The molecule has 2 aliphatic rings. The quantitative estimate of drug-likeness (QED) is 0.465.